The maximum atomic E-state index is 13.2. The van der Waals surface area contributed by atoms with Gasteiger partial charge in [-0.05, 0) is 74.5 Å². The summed E-state index contributed by atoms with van der Waals surface area (Å²) >= 11 is 6.33. The van der Waals surface area contributed by atoms with Crippen LogP contribution in [-0.4, -0.2) is 48.7 Å². The van der Waals surface area contributed by atoms with Crippen LogP contribution in [0.15, 0.2) is 23.2 Å². The normalized spacial score (nSPS) is 15.6. The van der Waals surface area contributed by atoms with Gasteiger partial charge in [0.1, 0.15) is 5.75 Å². The Morgan fingerprint density at radius 2 is 1.64 bits per heavy atom. The Hall–Kier alpha value is -1.70. The molecule has 1 atom stereocenters. The second-order valence-electron chi connectivity index (χ2n) is 10.1. The van der Waals surface area contributed by atoms with Crippen LogP contribution in [0.4, 0.5) is 0 Å². The molecule has 6 nitrogen and oxygen atoms in total. The lowest BCUT2D eigenvalue weighted by atomic mass is 9.86. The zero-order chi connectivity index (χ0) is 24.7. The van der Waals surface area contributed by atoms with Crippen LogP contribution < -0.4 is 0 Å². The van der Waals surface area contributed by atoms with Gasteiger partial charge in [0.15, 0.2) is 10.8 Å². The number of hydrogen-bond donors (Lipinski definition) is 0. The fraction of sp³-hybridized carbons (Fsp3) is 0.600. The summed E-state index contributed by atoms with van der Waals surface area (Å²) in [5, 5.41) is 5.08. The van der Waals surface area contributed by atoms with Crippen molar-refractivity contribution in [1.29, 1.82) is 0 Å². The number of rotatable bonds is 10. The number of halogens is 1. The van der Waals surface area contributed by atoms with Crippen molar-refractivity contribution in [2.45, 2.75) is 82.8 Å². The second kappa shape index (κ2) is 9.88. The van der Waals surface area contributed by atoms with E-state index in [1.165, 1.54) is 0 Å². The standard InChI is InChI=1S/C25H36ClN3O3S/c1-15(2)21-10-18(26)11-22(16(3)4)23(21)12-20(30)14-33(31,32)25-13-24(17(5)28(6)7)29(27-25)19-8-9-19/h10-11,13,15-17,19H,8-9,12,14H2,1-7H3. The maximum absolute atomic E-state index is 13.2. The molecule has 0 saturated heterocycles. The Balaban J connectivity index is 1.89. The molecule has 1 aliphatic rings. The molecular formula is C25H36ClN3O3S. The number of Topliss-reactive ketones (excluding diaryl/α,β-unsaturated/α-hetero) is 1. The van der Waals surface area contributed by atoms with Crippen LogP contribution >= 0.6 is 11.6 Å². The van der Waals surface area contributed by atoms with E-state index in [0.29, 0.717) is 5.02 Å². The number of sulfone groups is 1. The van der Waals surface area contributed by atoms with Gasteiger partial charge >= 0.3 is 0 Å². The van der Waals surface area contributed by atoms with Gasteiger partial charge in [0.2, 0.25) is 9.84 Å². The van der Waals surface area contributed by atoms with E-state index in [2.05, 4.69) is 32.8 Å². The first-order valence-electron chi connectivity index (χ1n) is 11.6. The summed E-state index contributed by atoms with van der Waals surface area (Å²) in [6.07, 6.45) is 2.07. The van der Waals surface area contributed by atoms with Gasteiger partial charge in [0.25, 0.3) is 0 Å². The molecule has 0 radical (unpaired) electrons. The molecule has 1 aliphatic carbocycles. The zero-order valence-corrected chi connectivity index (χ0v) is 22.3. The largest absolute Gasteiger partial charge is 0.301 e. The molecule has 1 heterocycles. The fourth-order valence-electron chi connectivity index (χ4n) is 4.17. The predicted octanol–water partition coefficient (Wildman–Crippen LogP) is 5.33. The Kier molecular flexibility index (Phi) is 7.76. The average Bonchev–Trinajstić information content (AvgIpc) is 3.44. The first-order valence-corrected chi connectivity index (χ1v) is 13.7. The number of nitrogens with zero attached hydrogens (tertiary/aromatic N) is 3. The van der Waals surface area contributed by atoms with Crippen LogP contribution in [0.1, 0.15) is 93.8 Å². The minimum Gasteiger partial charge on any atom is -0.301 e. The van der Waals surface area contributed by atoms with E-state index in [4.69, 9.17) is 11.6 Å². The van der Waals surface area contributed by atoms with Gasteiger partial charge in [0.05, 0.1) is 11.7 Å². The molecular weight excluding hydrogens is 458 g/mol. The third kappa shape index (κ3) is 5.87. The number of hydrogen-bond acceptors (Lipinski definition) is 5. The number of ketones is 1. The molecule has 1 saturated carbocycles. The lowest BCUT2D eigenvalue weighted by Crippen LogP contribution is -2.20. The lowest BCUT2D eigenvalue weighted by Gasteiger charge is -2.20. The number of benzene rings is 1. The minimum absolute atomic E-state index is 0.00396. The van der Waals surface area contributed by atoms with Crippen LogP contribution in [0.25, 0.3) is 0 Å². The third-order valence-corrected chi connectivity index (χ3v) is 8.17. The molecule has 1 aromatic carbocycles. The van der Waals surface area contributed by atoms with Gasteiger partial charge in [-0.15, -0.1) is 0 Å². The second-order valence-corrected chi connectivity index (χ2v) is 12.4. The molecule has 0 N–H and O–H groups in total. The molecule has 2 aromatic rings. The van der Waals surface area contributed by atoms with E-state index >= 15 is 0 Å². The van der Waals surface area contributed by atoms with Gasteiger partial charge < -0.3 is 4.90 Å². The number of carbonyl (C=O) groups is 1. The van der Waals surface area contributed by atoms with Crippen LogP contribution in [-0.2, 0) is 21.1 Å². The summed E-state index contributed by atoms with van der Waals surface area (Å²) in [6, 6.07) is 5.70. The van der Waals surface area contributed by atoms with E-state index in [1.807, 2.05) is 42.7 Å². The highest BCUT2D eigenvalue weighted by atomic mass is 35.5. The number of aromatic nitrogens is 2. The number of carbonyl (C=O) groups excluding carboxylic acids is 1. The van der Waals surface area contributed by atoms with Crippen LogP contribution in [0.2, 0.25) is 5.02 Å². The molecule has 0 spiro atoms. The molecule has 0 amide bonds. The Morgan fingerprint density at radius 3 is 2.09 bits per heavy atom. The van der Waals surface area contributed by atoms with Crippen molar-refractivity contribution in [1.82, 2.24) is 14.7 Å². The molecule has 1 fully saturated rings. The monoisotopic (exact) mass is 493 g/mol. The maximum Gasteiger partial charge on any atom is 0.204 e. The SMILES string of the molecule is CC(C)c1cc(Cl)cc(C(C)C)c1CC(=O)CS(=O)(=O)c1cc(C(C)N(C)C)n(C2CC2)n1. The van der Waals surface area contributed by atoms with Gasteiger partial charge in [-0.3, -0.25) is 9.48 Å². The van der Waals surface area contributed by atoms with E-state index < -0.39 is 15.6 Å². The smallest absolute Gasteiger partial charge is 0.204 e. The Labute approximate surface area is 203 Å². The average molecular weight is 494 g/mol. The molecule has 8 heteroatoms. The Morgan fingerprint density at radius 1 is 1.09 bits per heavy atom. The highest BCUT2D eigenvalue weighted by Gasteiger charge is 2.33. The lowest BCUT2D eigenvalue weighted by molar-refractivity contribution is -0.116. The summed E-state index contributed by atoms with van der Waals surface area (Å²) < 4.78 is 28.2. The van der Waals surface area contributed by atoms with Crippen molar-refractivity contribution in [3.63, 3.8) is 0 Å². The summed E-state index contributed by atoms with van der Waals surface area (Å²) in [6.45, 7) is 10.2. The van der Waals surface area contributed by atoms with Crippen molar-refractivity contribution >= 4 is 27.2 Å². The summed E-state index contributed by atoms with van der Waals surface area (Å²) in [7, 11) is 0.0647. The molecule has 0 bridgehead atoms. The summed E-state index contributed by atoms with van der Waals surface area (Å²) in [5.74, 6) is -0.540. The van der Waals surface area contributed by atoms with E-state index in [9.17, 15) is 13.2 Å². The first kappa shape index (κ1) is 25.9. The minimum atomic E-state index is -3.85. The van der Waals surface area contributed by atoms with Gasteiger partial charge in [-0.1, -0.05) is 39.3 Å². The van der Waals surface area contributed by atoms with E-state index in [-0.39, 0.29) is 41.1 Å². The van der Waals surface area contributed by atoms with Crippen molar-refractivity contribution < 1.29 is 13.2 Å². The Bertz CT molecular complexity index is 1100. The van der Waals surface area contributed by atoms with Crippen molar-refractivity contribution in [3.8, 4) is 0 Å². The zero-order valence-electron chi connectivity index (χ0n) is 20.7. The van der Waals surface area contributed by atoms with Crippen molar-refractivity contribution in [2.24, 2.45) is 0 Å². The van der Waals surface area contributed by atoms with Gasteiger partial charge in [0, 0.05) is 23.6 Å². The third-order valence-electron chi connectivity index (χ3n) is 6.41. The molecule has 33 heavy (non-hydrogen) atoms. The molecule has 1 unspecified atom stereocenters. The van der Waals surface area contributed by atoms with Gasteiger partial charge in [-0.2, -0.15) is 5.10 Å². The molecule has 0 aliphatic heterocycles. The van der Waals surface area contributed by atoms with E-state index in [0.717, 1.165) is 35.2 Å². The van der Waals surface area contributed by atoms with Crippen LogP contribution in [0.3, 0.4) is 0 Å². The molecule has 3 rings (SSSR count). The topological polar surface area (TPSA) is 72.3 Å². The van der Waals surface area contributed by atoms with Crippen LogP contribution in [0.5, 0.6) is 0 Å². The summed E-state index contributed by atoms with van der Waals surface area (Å²) in [4.78, 5) is 15.1. The predicted molar refractivity (Wildman–Crippen MR) is 133 cm³/mol. The van der Waals surface area contributed by atoms with Crippen molar-refractivity contribution in [3.05, 3.63) is 45.6 Å². The first-order chi connectivity index (χ1) is 15.3. The molecule has 1 aromatic heterocycles. The van der Waals surface area contributed by atoms with Crippen molar-refractivity contribution in [2.75, 3.05) is 19.8 Å². The quantitative estimate of drug-likeness (QED) is 0.447. The summed E-state index contributed by atoms with van der Waals surface area (Å²) in [5.41, 5.74) is 3.76. The highest BCUT2D eigenvalue weighted by molar-refractivity contribution is 7.92. The van der Waals surface area contributed by atoms with Gasteiger partial charge in [-0.25, -0.2) is 8.42 Å². The molecule has 182 valence electrons. The fourth-order valence-corrected chi connectivity index (χ4v) is 5.60. The van der Waals surface area contributed by atoms with Crippen LogP contribution in [0, 0.1) is 0 Å². The highest BCUT2D eigenvalue weighted by Crippen LogP contribution is 2.38. The van der Waals surface area contributed by atoms with E-state index in [1.54, 1.807) is 6.07 Å².